The lowest BCUT2D eigenvalue weighted by molar-refractivity contribution is 0.102. The third-order valence-corrected chi connectivity index (χ3v) is 4.36. The van der Waals surface area contributed by atoms with Gasteiger partial charge in [-0.1, -0.05) is 35.9 Å². The van der Waals surface area contributed by atoms with Gasteiger partial charge in [-0.2, -0.15) is 0 Å². The Morgan fingerprint density at radius 1 is 1.08 bits per heavy atom. The van der Waals surface area contributed by atoms with Gasteiger partial charge in [0.1, 0.15) is 17.8 Å². The predicted molar refractivity (Wildman–Crippen MR) is 98.3 cm³/mol. The molecule has 2 heterocycles. The summed E-state index contributed by atoms with van der Waals surface area (Å²) in [5.74, 6) is 0.508. The zero-order chi connectivity index (χ0) is 17.2. The van der Waals surface area contributed by atoms with Gasteiger partial charge in [-0.3, -0.25) is 4.79 Å². The molecule has 25 heavy (non-hydrogen) atoms. The smallest absolute Gasteiger partial charge is 0.274 e. The number of nitrogens with zero attached hydrogens (tertiary/aromatic N) is 3. The number of anilines is 3. The van der Waals surface area contributed by atoms with Crippen LogP contribution in [0.4, 0.5) is 17.2 Å². The summed E-state index contributed by atoms with van der Waals surface area (Å²) in [5, 5.41) is 2.87. The van der Waals surface area contributed by atoms with Crippen molar-refractivity contribution in [3.05, 3.63) is 77.7 Å². The monoisotopic (exact) mass is 330 g/mol. The van der Waals surface area contributed by atoms with E-state index >= 15 is 0 Å². The fourth-order valence-electron chi connectivity index (χ4n) is 3.03. The molecule has 1 aliphatic rings. The molecule has 1 N–H and O–H groups in total. The maximum absolute atomic E-state index is 12.5. The molecular formula is C20H18N4O. The molecule has 5 heteroatoms. The van der Waals surface area contributed by atoms with Crippen molar-refractivity contribution in [2.45, 2.75) is 13.3 Å². The zero-order valence-electron chi connectivity index (χ0n) is 13.9. The van der Waals surface area contributed by atoms with Crippen molar-refractivity contribution in [2.75, 3.05) is 16.8 Å². The Kier molecular flexibility index (Phi) is 3.90. The normalized spacial score (nSPS) is 12.8. The van der Waals surface area contributed by atoms with Gasteiger partial charge in [0.2, 0.25) is 0 Å². The van der Waals surface area contributed by atoms with E-state index in [1.165, 1.54) is 11.9 Å². The van der Waals surface area contributed by atoms with Gasteiger partial charge in [0.25, 0.3) is 5.91 Å². The minimum atomic E-state index is -0.236. The first-order valence-electron chi connectivity index (χ1n) is 8.26. The highest BCUT2D eigenvalue weighted by atomic mass is 16.1. The van der Waals surface area contributed by atoms with Crippen molar-refractivity contribution >= 4 is 23.1 Å². The Hall–Kier alpha value is -3.21. The lowest BCUT2D eigenvalue weighted by Gasteiger charge is -2.18. The van der Waals surface area contributed by atoms with Crippen molar-refractivity contribution in [3.63, 3.8) is 0 Å². The van der Waals surface area contributed by atoms with Crippen molar-refractivity contribution < 1.29 is 4.79 Å². The lowest BCUT2D eigenvalue weighted by Crippen LogP contribution is -2.18. The number of benzene rings is 2. The maximum Gasteiger partial charge on any atom is 0.274 e. The van der Waals surface area contributed by atoms with Crippen LogP contribution in [0.5, 0.6) is 0 Å². The standard InChI is InChI=1S/C20H18N4O/c1-14-6-8-16(9-7-14)23-20(25)17-12-19(22-13-21-17)24-11-10-15-4-2-3-5-18(15)24/h2-9,12-13H,10-11H2,1H3,(H,23,25). The third kappa shape index (κ3) is 3.08. The minimum absolute atomic E-state index is 0.236. The number of nitrogens with one attached hydrogen (secondary N) is 1. The molecule has 4 rings (SSSR count). The number of aryl methyl sites for hydroxylation is 1. The highest BCUT2D eigenvalue weighted by Crippen LogP contribution is 2.33. The number of fused-ring (bicyclic) bond motifs is 1. The van der Waals surface area contributed by atoms with Crippen LogP contribution >= 0.6 is 0 Å². The lowest BCUT2D eigenvalue weighted by atomic mass is 10.2. The van der Waals surface area contributed by atoms with Crippen LogP contribution in [-0.4, -0.2) is 22.4 Å². The number of hydrogen-bond acceptors (Lipinski definition) is 4. The average molecular weight is 330 g/mol. The Bertz CT molecular complexity index is 921. The molecule has 0 bridgehead atoms. The number of carbonyl (C=O) groups is 1. The summed E-state index contributed by atoms with van der Waals surface area (Å²) in [6.07, 6.45) is 2.42. The predicted octanol–water partition coefficient (Wildman–Crippen LogP) is 3.73. The highest BCUT2D eigenvalue weighted by molar-refractivity contribution is 6.03. The van der Waals surface area contributed by atoms with Gasteiger partial charge in [0.15, 0.2) is 0 Å². The second kappa shape index (κ2) is 6.36. The molecule has 0 radical (unpaired) electrons. The van der Waals surface area contributed by atoms with Crippen LogP contribution in [0.1, 0.15) is 21.6 Å². The molecular weight excluding hydrogens is 312 g/mol. The SMILES string of the molecule is Cc1ccc(NC(=O)c2cc(N3CCc4ccccc43)ncn2)cc1. The van der Waals surface area contributed by atoms with E-state index < -0.39 is 0 Å². The summed E-state index contributed by atoms with van der Waals surface area (Å²) in [7, 11) is 0. The first-order valence-corrected chi connectivity index (χ1v) is 8.26. The topological polar surface area (TPSA) is 58.1 Å². The molecule has 3 aromatic rings. The second-order valence-electron chi connectivity index (χ2n) is 6.11. The van der Waals surface area contributed by atoms with Crippen LogP contribution in [0, 0.1) is 6.92 Å². The van der Waals surface area contributed by atoms with Gasteiger partial charge in [0, 0.05) is 24.0 Å². The van der Waals surface area contributed by atoms with E-state index in [4.69, 9.17) is 0 Å². The van der Waals surface area contributed by atoms with Crippen molar-refractivity contribution in [2.24, 2.45) is 0 Å². The maximum atomic E-state index is 12.5. The highest BCUT2D eigenvalue weighted by Gasteiger charge is 2.21. The van der Waals surface area contributed by atoms with Crippen LogP contribution in [0.25, 0.3) is 0 Å². The van der Waals surface area contributed by atoms with Crippen LogP contribution in [-0.2, 0) is 6.42 Å². The summed E-state index contributed by atoms with van der Waals surface area (Å²) < 4.78 is 0. The van der Waals surface area contributed by atoms with Gasteiger partial charge in [-0.25, -0.2) is 9.97 Å². The molecule has 5 nitrogen and oxygen atoms in total. The van der Waals surface area contributed by atoms with Gasteiger partial charge < -0.3 is 10.2 Å². The number of rotatable bonds is 3. The van der Waals surface area contributed by atoms with Crippen LogP contribution < -0.4 is 10.2 Å². The minimum Gasteiger partial charge on any atom is -0.326 e. The number of para-hydroxylation sites is 1. The Balaban J connectivity index is 1.57. The zero-order valence-corrected chi connectivity index (χ0v) is 13.9. The van der Waals surface area contributed by atoms with Crippen molar-refractivity contribution in [1.29, 1.82) is 0 Å². The van der Waals surface area contributed by atoms with Gasteiger partial charge >= 0.3 is 0 Å². The molecule has 0 saturated heterocycles. The molecule has 1 aromatic heterocycles. The number of aromatic nitrogens is 2. The second-order valence-corrected chi connectivity index (χ2v) is 6.11. The van der Waals surface area contributed by atoms with Crippen molar-refractivity contribution in [1.82, 2.24) is 9.97 Å². The summed E-state index contributed by atoms with van der Waals surface area (Å²) in [4.78, 5) is 23.1. The van der Waals surface area contributed by atoms with E-state index in [9.17, 15) is 4.79 Å². The number of carbonyl (C=O) groups excluding carboxylic acids is 1. The fraction of sp³-hybridized carbons (Fsp3) is 0.150. The first-order chi connectivity index (χ1) is 12.2. The molecule has 0 spiro atoms. The first kappa shape index (κ1) is 15.3. The third-order valence-electron chi connectivity index (χ3n) is 4.36. The summed E-state index contributed by atoms with van der Waals surface area (Å²) >= 11 is 0. The molecule has 0 fully saturated rings. The molecule has 2 aromatic carbocycles. The van der Waals surface area contributed by atoms with E-state index in [0.29, 0.717) is 5.69 Å². The van der Waals surface area contributed by atoms with E-state index in [-0.39, 0.29) is 5.91 Å². The van der Waals surface area contributed by atoms with E-state index in [1.807, 2.05) is 43.3 Å². The molecule has 0 aliphatic carbocycles. The van der Waals surface area contributed by atoms with Gasteiger partial charge in [-0.05, 0) is 37.1 Å². The average Bonchev–Trinajstić information content (AvgIpc) is 3.08. The summed E-state index contributed by atoms with van der Waals surface area (Å²) in [6.45, 7) is 2.87. The molecule has 1 aliphatic heterocycles. The van der Waals surface area contributed by atoms with E-state index in [0.717, 1.165) is 35.7 Å². The van der Waals surface area contributed by atoms with E-state index in [1.54, 1.807) is 6.07 Å². The summed E-state index contributed by atoms with van der Waals surface area (Å²) in [5.41, 5.74) is 4.70. The molecule has 1 amide bonds. The van der Waals surface area contributed by atoms with Gasteiger partial charge in [-0.15, -0.1) is 0 Å². The van der Waals surface area contributed by atoms with Crippen LogP contribution in [0.2, 0.25) is 0 Å². The number of hydrogen-bond donors (Lipinski definition) is 1. The molecule has 124 valence electrons. The molecule has 0 saturated carbocycles. The van der Waals surface area contributed by atoms with E-state index in [2.05, 4.69) is 32.3 Å². The number of amides is 1. The van der Waals surface area contributed by atoms with Crippen molar-refractivity contribution in [3.8, 4) is 0 Å². The Morgan fingerprint density at radius 2 is 1.88 bits per heavy atom. The van der Waals surface area contributed by atoms with Gasteiger partial charge in [0.05, 0.1) is 0 Å². The Labute approximate surface area is 146 Å². The van der Waals surface area contributed by atoms with Crippen LogP contribution in [0.15, 0.2) is 60.9 Å². The molecule has 0 atom stereocenters. The quantitative estimate of drug-likeness (QED) is 0.795. The largest absolute Gasteiger partial charge is 0.326 e. The van der Waals surface area contributed by atoms with Crippen LogP contribution in [0.3, 0.4) is 0 Å². The fourth-order valence-corrected chi connectivity index (χ4v) is 3.03. The summed E-state index contributed by atoms with van der Waals surface area (Å²) in [6, 6.07) is 17.7. The molecule has 0 unspecified atom stereocenters. The Morgan fingerprint density at radius 3 is 2.72 bits per heavy atom.